The van der Waals surface area contributed by atoms with Crippen molar-refractivity contribution in [2.24, 2.45) is 5.41 Å². The maximum absolute atomic E-state index is 12.4. The Hall–Kier alpha value is -1.52. The number of alkyl halides is 3. The summed E-state index contributed by atoms with van der Waals surface area (Å²) < 4.78 is 37.1. The number of hydrogen-bond donors (Lipinski definition) is 1. The van der Waals surface area contributed by atoms with E-state index in [-0.39, 0.29) is 5.91 Å². The van der Waals surface area contributed by atoms with Crippen LogP contribution in [0.4, 0.5) is 13.2 Å². The summed E-state index contributed by atoms with van der Waals surface area (Å²) in [4.78, 5) is 11.6. The van der Waals surface area contributed by atoms with E-state index in [1.165, 1.54) is 12.1 Å². The van der Waals surface area contributed by atoms with Crippen LogP contribution in [0, 0.1) is 5.41 Å². The molecule has 0 aliphatic carbocycles. The fraction of sp³-hybridized carbons (Fsp3) is 0.500. The second-order valence-electron chi connectivity index (χ2n) is 5.45. The van der Waals surface area contributed by atoms with Crippen molar-refractivity contribution in [3.05, 3.63) is 35.4 Å². The van der Waals surface area contributed by atoms with Gasteiger partial charge in [0.15, 0.2) is 0 Å². The van der Waals surface area contributed by atoms with Gasteiger partial charge >= 0.3 is 6.18 Å². The molecule has 1 rings (SSSR count). The van der Waals surface area contributed by atoms with Crippen LogP contribution in [0.5, 0.6) is 0 Å². The van der Waals surface area contributed by atoms with Gasteiger partial charge < -0.3 is 5.32 Å². The predicted octanol–water partition coefficient (Wildman–Crippen LogP) is 3.41. The topological polar surface area (TPSA) is 29.1 Å². The summed E-state index contributed by atoms with van der Waals surface area (Å²) >= 11 is 0. The van der Waals surface area contributed by atoms with Crippen molar-refractivity contribution in [2.75, 3.05) is 6.54 Å². The molecule has 2 nitrogen and oxygen atoms in total. The molecule has 0 aliphatic rings. The molecule has 1 aromatic rings. The number of rotatable bonds is 3. The largest absolute Gasteiger partial charge is 0.416 e. The van der Waals surface area contributed by atoms with Gasteiger partial charge in [-0.05, 0) is 24.1 Å². The standard InChI is InChI=1S/C14H18F3NO/c1-13(2,3)12(19)18-9-8-10-4-6-11(7-5-10)14(15,16)17/h4-7H,8-9H2,1-3H3,(H,18,19). The van der Waals surface area contributed by atoms with E-state index >= 15 is 0 Å². The summed E-state index contributed by atoms with van der Waals surface area (Å²) in [6.07, 6.45) is -3.79. The third-order valence-electron chi connectivity index (χ3n) is 2.66. The van der Waals surface area contributed by atoms with Crippen LogP contribution in [0.2, 0.25) is 0 Å². The van der Waals surface area contributed by atoms with Crippen molar-refractivity contribution >= 4 is 5.91 Å². The summed E-state index contributed by atoms with van der Waals surface area (Å²) in [6.45, 7) is 5.84. The predicted molar refractivity (Wildman–Crippen MR) is 67.6 cm³/mol. The van der Waals surface area contributed by atoms with Crippen LogP contribution in [0.25, 0.3) is 0 Å². The molecule has 0 bridgehead atoms. The van der Waals surface area contributed by atoms with E-state index in [2.05, 4.69) is 5.32 Å². The minimum atomic E-state index is -4.31. The molecule has 0 radical (unpaired) electrons. The first kappa shape index (κ1) is 15.5. The quantitative estimate of drug-likeness (QED) is 0.898. The average Bonchev–Trinajstić information content (AvgIpc) is 2.27. The van der Waals surface area contributed by atoms with Gasteiger partial charge in [-0.1, -0.05) is 32.9 Å². The number of benzene rings is 1. The lowest BCUT2D eigenvalue weighted by molar-refractivity contribution is -0.137. The van der Waals surface area contributed by atoms with Gasteiger partial charge in [-0.25, -0.2) is 0 Å². The summed E-state index contributed by atoms with van der Waals surface area (Å²) in [5.41, 5.74) is -0.350. The lowest BCUT2D eigenvalue weighted by atomic mass is 9.95. The van der Waals surface area contributed by atoms with Gasteiger partial charge in [0.2, 0.25) is 5.91 Å². The van der Waals surface area contributed by atoms with E-state index in [1.807, 2.05) is 0 Å². The summed E-state index contributed by atoms with van der Waals surface area (Å²) in [7, 11) is 0. The minimum Gasteiger partial charge on any atom is -0.355 e. The Bertz CT molecular complexity index is 429. The van der Waals surface area contributed by atoms with Gasteiger partial charge in [0, 0.05) is 12.0 Å². The Morgan fingerprint density at radius 2 is 1.63 bits per heavy atom. The van der Waals surface area contributed by atoms with Crippen LogP contribution in [0.1, 0.15) is 31.9 Å². The van der Waals surface area contributed by atoms with Crippen molar-refractivity contribution in [3.8, 4) is 0 Å². The first-order valence-electron chi connectivity index (χ1n) is 6.05. The van der Waals surface area contributed by atoms with Crippen molar-refractivity contribution in [1.29, 1.82) is 0 Å². The smallest absolute Gasteiger partial charge is 0.355 e. The first-order valence-corrected chi connectivity index (χ1v) is 6.05. The number of halogens is 3. The normalized spacial score (nSPS) is 12.3. The number of carbonyl (C=O) groups is 1. The fourth-order valence-electron chi connectivity index (χ4n) is 1.45. The molecule has 0 fully saturated rings. The van der Waals surface area contributed by atoms with Gasteiger partial charge in [-0.15, -0.1) is 0 Å². The molecule has 19 heavy (non-hydrogen) atoms. The molecular formula is C14H18F3NO. The average molecular weight is 273 g/mol. The van der Waals surface area contributed by atoms with E-state index in [0.29, 0.717) is 13.0 Å². The molecule has 106 valence electrons. The zero-order chi connectivity index (χ0) is 14.7. The summed E-state index contributed by atoms with van der Waals surface area (Å²) in [5.74, 6) is -0.0700. The molecule has 0 unspecified atom stereocenters. The molecule has 0 aromatic heterocycles. The van der Waals surface area contributed by atoms with Gasteiger partial charge in [-0.3, -0.25) is 4.79 Å². The van der Waals surface area contributed by atoms with Gasteiger partial charge in [0.1, 0.15) is 0 Å². The molecule has 0 aliphatic heterocycles. The molecule has 0 heterocycles. The first-order chi connectivity index (χ1) is 8.60. The second-order valence-corrected chi connectivity index (χ2v) is 5.45. The van der Waals surface area contributed by atoms with Crippen molar-refractivity contribution in [1.82, 2.24) is 5.32 Å². The maximum atomic E-state index is 12.4. The van der Waals surface area contributed by atoms with Crippen LogP contribution in [-0.2, 0) is 17.4 Å². The number of amides is 1. The molecule has 1 N–H and O–H groups in total. The van der Waals surface area contributed by atoms with E-state index in [1.54, 1.807) is 20.8 Å². The van der Waals surface area contributed by atoms with Crippen molar-refractivity contribution < 1.29 is 18.0 Å². The SMILES string of the molecule is CC(C)(C)C(=O)NCCc1ccc(C(F)(F)F)cc1. The van der Waals surface area contributed by atoms with Gasteiger partial charge in [-0.2, -0.15) is 13.2 Å². The summed E-state index contributed by atoms with van der Waals surface area (Å²) in [6, 6.07) is 4.99. The van der Waals surface area contributed by atoms with E-state index in [9.17, 15) is 18.0 Å². The molecule has 0 spiro atoms. The number of nitrogens with one attached hydrogen (secondary N) is 1. The highest BCUT2D eigenvalue weighted by atomic mass is 19.4. The highest BCUT2D eigenvalue weighted by Crippen LogP contribution is 2.29. The highest BCUT2D eigenvalue weighted by Gasteiger charge is 2.29. The van der Waals surface area contributed by atoms with Crippen LogP contribution in [-0.4, -0.2) is 12.5 Å². The van der Waals surface area contributed by atoms with Crippen molar-refractivity contribution in [2.45, 2.75) is 33.4 Å². The molecule has 1 aromatic carbocycles. The van der Waals surface area contributed by atoms with E-state index < -0.39 is 17.2 Å². The third kappa shape index (κ3) is 4.93. The third-order valence-corrected chi connectivity index (χ3v) is 2.66. The molecular weight excluding hydrogens is 255 g/mol. The highest BCUT2D eigenvalue weighted by molar-refractivity contribution is 5.81. The van der Waals surface area contributed by atoms with Gasteiger partial charge in [0.05, 0.1) is 5.56 Å². The van der Waals surface area contributed by atoms with E-state index in [0.717, 1.165) is 17.7 Å². The Labute approximate surface area is 111 Å². The van der Waals surface area contributed by atoms with Crippen LogP contribution >= 0.6 is 0 Å². The second kappa shape index (κ2) is 5.63. The summed E-state index contributed by atoms with van der Waals surface area (Å²) in [5, 5.41) is 2.75. The van der Waals surface area contributed by atoms with E-state index in [4.69, 9.17) is 0 Å². The number of hydrogen-bond acceptors (Lipinski definition) is 1. The van der Waals surface area contributed by atoms with Crippen LogP contribution < -0.4 is 5.32 Å². The Morgan fingerprint density at radius 3 is 2.05 bits per heavy atom. The zero-order valence-corrected chi connectivity index (χ0v) is 11.3. The van der Waals surface area contributed by atoms with Gasteiger partial charge in [0.25, 0.3) is 0 Å². The van der Waals surface area contributed by atoms with Crippen LogP contribution in [0.3, 0.4) is 0 Å². The molecule has 0 saturated heterocycles. The Kier molecular flexibility index (Phi) is 4.61. The Balaban J connectivity index is 2.50. The molecule has 0 saturated carbocycles. The minimum absolute atomic E-state index is 0.0700. The fourth-order valence-corrected chi connectivity index (χ4v) is 1.45. The van der Waals surface area contributed by atoms with Crippen LogP contribution in [0.15, 0.2) is 24.3 Å². The lowest BCUT2D eigenvalue weighted by Gasteiger charge is -2.17. The monoisotopic (exact) mass is 273 g/mol. The number of carbonyl (C=O) groups excluding carboxylic acids is 1. The lowest BCUT2D eigenvalue weighted by Crippen LogP contribution is -2.35. The Morgan fingerprint density at radius 1 is 1.11 bits per heavy atom. The molecule has 1 amide bonds. The van der Waals surface area contributed by atoms with Crippen molar-refractivity contribution in [3.63, 3.8) is 0 Å². The molecule has 5 heteroatoms. The maximum Gasteiger partial charge on any atom is 0.416 e. The zero-order valence-electron chi connectivity index (χ0n) is 11.3. The molecule has 0 atom stereocenters.